The SMILES string of the molecule is CC(C)CN(C(C)C)S(=O)(=O)CCOc1cccc(N)c1. The lowest BCUT2D eigenvalue weighted by Gasteiger charge is -2.27. The average Bonchev–Trinajstić information content (AvgIpc) is 2.35. The molecule has 1 aromatic carbocycles. The molecule has 0 unspecified atom stereocenters. The Morgan fingerprint density at radius 3 is 2.43 bits per heavy atom. The highest BCUT2D eigenvalue weighted by Crippen LogP contribution is 2.15. The Kier molecular flexibility index (Phi) is 6.48. The van der Waals surface area contributed by atoms with Gasteiger partial charge >= 0.3 is 0 Å². The summed E-state index contributed by atoms with van der Waals surface area (Å²) in [5.74, 6) is 0.842. The molecule has 2 N–H and O–H groups in total. The van der Waals surface area contributed by atoms with Crippen LogP contribution < -0.4 is 10.5 Å². The van der Waals surface area contributed by atoms with Gasteiger partial charge in [0.05, 0.1) is 5.75 Å². The summed E-state index contributed by atoms with van der Waals surface area (Å²) < 4.78 is 31.8. The number of rotatable bonds is 8. The Bertz CT molecular complexity index is 542. The van der Waals surface area contributed by atoms with Gasteiger partial charge in [-0.25, -0.2) is 8.42 Å². The lowest BCUT2D eigenvalue weighted by Crippen LogP contribution is -2.41. The summed E-state index contributed by atoms with van der Waals surface area (Å²) in [7, 11) is -3.32. The van der Waals surface area contributed by atoms with E-state index < -0.39 is 10.0 Å². The minimum Gasteiger partial charge on any atom is -0.492 e. The van der Waals surface area contributed by atoms with Gasteiger partial charge in [-0.05, 0) is 31.9 Å². The molecule has 1 aromatic rings. The van der Waals surface area contributed by atoms with Crippen molar-refractivity contribution in [3.05, 3.63) is 24.3 Å². The van der Waals surface area contributed by atoms with E-state index in [2.05, 4.69) is 0 Å². The zero-order valence-corrected chi connectivity index (χ0v) is 14.1. The highest BCUT2D eigenvalue weighted by molar-refractivity contribution is 7.89. The van der Waals surface area contributed by atoms with Gasteiger partial charge in [0, 0.05) is 24.3 Å². The molecule has 0 amide bonds. The lowest BCUT2D eigenvalue weighted by molar-refractivity contribution is 0.305. The standard InChI is InChI=1S/C15H26N2O3S/c1-12(2)11-17(13(3)4)21(18,19)9-8-20-15-7-5-6-14(16)10-15/h5-7,10,12-13H,8-9,11,16H2,1-4H3. The van der Waals surface area contributed by atoms with Crippen LogP contribution in [-0.2, 0) is 10.0 Å². The van der Waals surface area contributed by atoms with Gasteiger partial charge < -0.3 is 10.5 Å². The molecule has 0 radical (unpaired) electrons. The third kappa shape index (κ3) is 5.93. The van der Waals surface area contributed by atoms with Crippen molar-refractivity contribution in [2.45, 2.75) is 33.7 Å². The molecule has 5 nitrogen and oxygen atoms in total. The third-order valence-corrected chi connectivity index (χ3v) is 4.91. The van der Waals surface area contributed by atoms with Crippen molar-refractivity contribution in [2.24, 2.45) is 5.92 Å². The van der Waals surface area contributed by atoms with E-state index in [1.807, 2.05) is 27.7 Å². The zero-order valence-electron chi connectivity index (χ0n) is 13.2. The van der Waals surface area contributed by atoms with Gasteiger partial charge in [0.2, 0.25) is 10.0 Å². The summed E-state index contributed by atoms with van der Waals surface area (Å²) in [6.07, 6.45) is 0. The van der Waals surface area contributed by atoms with Crippen molar-refractivity contribution in [3.8, 4) is 5.75 Å². The summed E-state index contributed by atoms with van der Waals surface area (Å²) >= 11 is 0. The monoisotopic (exact) mass is 314 g/mol. The smallest absolute Gasteiger partial charge is 0.217 e. The molecule has 6 heteroatoms. The van der Waals surface area contributed by atoms with E-state index in [9.17, 15) is 8.42 Å². The number of nitrogen functional groups attached to an aromatic ring is 1. The summed E-state index contributed by atoms with van der Waals surface area (Å²) in [5, 5.41) is 0. The van der Waals surface area contributed by atoms with Crippen molar-refractivity contribution in [2.75, 3.05) is 24.6 Å². The van der Waals surface area contributed by atoms with Crippen LogP contribution in [-0.4, -0.2) is 37.7 Å². The molecule has 0 fully saturated rings. The Labute approximate surface area is 128 Å². The first-order valence-corrected chi connectivity index (χ1v) is 8.81. The Morgan fingerprint density at radius 1 is 1.24 bits per heavy atom. The minimum absolute atomic E-state index is 0.0350. The average molecular weight is 314 g/mol. The fraction of sp³-hybridized carbons (Fsp3) is 0.600. The molecule has 21 heavy (non-hydrogen) atoms. The molecule has 120 valence electrons. The summed E-state index contributed by atoms with van der Waals surface area (Å²) in [5.41, 5.74) is 6.25. The van der Waals surface area contributed by atoms with Crippen LogP contribution in [0.2, 0.25) is 0 Å². The van der Waals surface area contributed by atoms with Crippen molar-refractivity contribution >= 4 is 15.7 Å². The van der Waals surface area contributed by atoms with Gasteiger partial charge in [-0.3, -0.25) is 0 Å². The summed E-state index contributed by atoms with van der Waals surface area (Å²) in [4.78, 5) is 0. The molecule has 0 aliphatic carbocycles. The number of nitrogens with zero attached hydrogens (tertiary/aromatic N) is 1. The van der Waals surface area contributed by atoms with Crippen molar-refractivity contribution < 1.29 is 13.2 Å². The van der Waals surface area contributed by atoms with Gasteiger partial charge in [0.25, 0.3) is 0 Å². The van der Waals surface area contributed by atoms with Gasteiger partial charge in [-0.2, -0.15) is 4.31 Å². The maximum absolute atomic E-state index is 12.4. The fourth-order valence-electron chi connectivity index (χ4n) is 1.99. The molecule has 0 aliphatic heterocycles. The van der Waals surface area contributed by atoms with E-state index in [0.29, 0.717) is 18.0 Å². The topological polar surface area (TPSA) is 72.6 Å². The van der Waals surface area contributed by atoms with Crippen LogP contribution in [0.15, 0.2) is 24.3 Å². The van der Waals surface area contributed by atoms with Crippen molar-refractivity contribution in [1.29, 1.82) is 0 Å². The third-order valence-electron chi connectivity index (χ3n) is 2.95. The molecule has 0 saturated heterocycles. The minimum atomic E-state index is -3.32. The van der Waals surface area contributed by atoms with Gasteiger partial charge in [0.15, 0.2) is 0 Å². The number of sulfonamides is 1. The predicted molar refractivity (Wildman–Crippen MR) is 86.8 cm³/mol. The Balaban J connectivity index is 2.62. The largest absolute Gasteiger partial charge is 0.492 e. The zero-order chi connectivity index (χ0) is 16.0. The second kappa shape index (κ2) is 7.66. The number of nitrogens with two attached hydrogens (primary N) is 1. The van der Waals surface area contributed by atoms with Crippen LogP contribution in [0, 0.1) is 5.92 Å². The summed E-state index contributed by atoms with van der Waals surface area (Å²) in [6, 6.07) is 6.92. The quantitative estimate of drug-likeness (QED) is 0.748. The van der Waals surface area contributed by atoms with E-state index in [0.717, 1.165) is 0 Å². The second-order valence-corrected chi connectivity index (χ2v) is 7.84. The first kappa shape index (κ1) is 17.8. The van der Waals surface area contributed by atoms with Crippen LogP contribution in [0.4, 0.5) is 5.69 Å². The van der Waals surface area contributed by atoms with Crippen molar-refractivity contribution in [3.63, 3.8) is 0 Å². The normalized spacial score (nSPS) is 12.3. The van der Waals surface area contributed by atoms with Crippen molar-refractivity contribution in [1.82, 2.24) is 4.31 Å². The maximum atomic E-state index is 12.4. The first-order chi connectivity index (χ1) is 9.72. The van der Waals surface area contributed by atoms with E-state index >= 15 is 0 Å². The number of ether oxygens (including phenoxy) is 1. The first-order valence-electron chi connectivity index (χ1n) is 7.20. The number of hydrogen-bond acceptors (Lipinski definition) is 4. The van der Waals surface area contributed by atoms with Gasteiger partial charge in [0.1, 0.15) is 12.4 Å². The molecule has 0 heterocycles. The maximum Gasteiger partial charge on any atom is 0.217 e. The highest BCUT2D eigenvalue weighted by atomic mass is 32.2. The Morgan fingerprint density at radius 2 is 1.90 bits per heavy atom. The molecule has 0 bridgehead atoms. The fourth-order valence-corrected chi connectivity index (χ4v) is 3.69. The van der Waals surface area contributed by atoms with Crippen LogP contribution in [0.5, 0.6) is 5.75 Å². The Hall–Kier alpha value is -1.27. The second-order valence-electron chi connectivity index (χ2n) is 5.79. The summed E-state index contributed by atoms with van der Waals surface area (Å²) in [6.45, 7) is 8.44. The van der Waals surface area contributed by atoms with Gasteiger partial charge in [-0.15, -0.1) is 0 Å². The van der Waals surface area contributed by atoms with E-state index in [1.54, 1.807) is 28.6 Å². The van der Waals surface area contributed by atoms with Gasteiger partial charge in [-0.1, -0.05) is 19.9 Å². The van der Waals surface area contributed by atoms with E-state index in [4.69, 9.17) is 10.5 Å². The molecular formula is C15H26N2O3S. The molecular weight excluding hydrogens is 288 g/mol. The van der Waals surface area contributed by atoms with E-state index in [1.165, 1.54) is 0 Å². The molecule has 0 aliphatic rings. The molecule has 0 atom stereocenters. The van der Waals surface area contributed by atoms with Crippen LogP contribution in [0.1, 0.15) is 27.7 Å². The number of hydrogen-bond donors (Lipinski definition) is 1. The molecule has 0 spiro atoms. The van der Waals surface area contributed by atoms with E-state index in [-0.39, 0.29) is 24.3 Å². The number of benzene rings is 1. The molecule has 1 rings (SSSR count). The number of anilines is 1. The van der Waals surface area contributed by atoms with Crippen LogP contribution >= 0.6 is 0 Å². The highest BCUT2D eigenvalue weighted by Gasteiger charge is 2.25. The molecule has 0 saturated carbocycles. The van der Waals surface area contributed by atoms with Crippen LogP contribution in [0.25, 0.3) is 0 Å². The molecule has 0 aromatic heterocycles. The predicted octanol–water partition coefficient (Wildman–Crippen LogP) is 2.34. The van der Waals surface area contributed by atoms with Crippen LogP contribution in [0.3, 0.4) is 0 Å². The lowest BCUT2D eigenvalue weighted by atomic mass is 10.2.